The van der Waals surface area contributed by atoms with Crippen molar-refractivity contribution in [1.82, 2.24) is 9.47 Å². The van der Waals surface area contributed by atoms with Crippen molar-refractivity contribution in [3.63, 3.8) is 0 Å². The van der Waals surface area contributed by atoms with Gasteiger partial charge in [-0.25, -0.2) is 4.39 Å². The zero-order valence-electron chi connectivity index (χ0n) is 12.7. The number of fused-ring (bicyclic) bond motifs is 1. The minimum Gasteiger partial charge on any atom is -0.344 e. The summed E-state index contributed by atoms with van der Waals surface area (Å²) < 4.78 is 14.8. The molecule has 2 N–H and O–H groups in total. The number of amides is 1. The van der Waals surface area contributed by atoms with Gasteiger partial charge in [-0.2, -0.15) is 0 Å². The van der Waals surface area contributed by atoms with Crippen LogP contribution in [0.1, 0.15) is 40.2 Å². The van der Waals surface area contributed by atoms with Crippen molar-refractivity contribution in [2.75, 3.05) is 13.1 Å². The van der Waals surface area contributed by atoms with E-state index in [1.807, 2.05) is 23.3 Å². The van der Waals surface area contributed by atoms with Crippen LogP contribution in [0.15, 0.2) is 11.9 Å². The Bertz CT molecular complexity index is 614. The van der Waals surface area contributed by atoms with Crippen molar-refractivity contribution in [3.05, 3.63) is 34.4 Å². The van der Waals surface area contributed by atoms with E-state index in [9.17, 15) is 9.18 Å². The lowest BCUT2D eigenvalue weighted by Gasteiger charge is -2.27. The van der Waals surface area contributed by atoms with Crippen LogP contribution in [0.3, 0.4) is 0 Å². The molecule has 5 heteroatoms. The summed E-state index contributed by atoms with van der Waals surface area (Å²) in [6, 6.07) is 0.444. The van der Waals surface area contributed by atoms with Crippen LogP contribution in [0.4, 0.5) is 4.39 Å². The van der Waals surface area contributed by atoms with E-state index in [1.165, 1.54) is 0 Å². The molecule has 4 nitrogen and oxygen atoms in total. The van der Waals surface area contributed by atoms with Crippen LogP contribution < -0.4 is 5.73 Å². The molecular formula is C16H22FN3O. The predicted molar refractivity (Wildman–Crippen MR) is 79.9 cm³/mol. The molecule has 21 heavy (non-hydrogen) atoms. The molecule has 2 aliphatic rings. The smallest absolute Gasteiger partial charge is 0.256 e. The highest BCUT2D eigenvalue weighted by atomic mass is 19.1. The van der Waals surface area contributed by atoms with Crippen molar-refractivity contribution in [1.29, 1.82) is 0 Å². The number of nitrogens with two attached hydrogens (primary N) is 1. The second-order valence-electron chi connectivity index (χ2n) is 6.06. The number of halogens is 1. The highest BCUT2D eigenvalue weighted by molar-refractivity contribution is 5.98. The Labute approximate surface area is 124 Å². The van der Waals surface area contributed by atoms with E-state index in [-0.39, 0.29) is 12.5 Å². The maximum absolute atomic E-state index is 12.8. The zero-order valence-corrected chi connectivity index (χ0v) is 12.7. The summed E-state index contributed by atoms with van der Waals surface area (Å²) in [6.45, 7) is 5.39. The molecule has 1 saturated carbocycles. The van der Waals surface area contributed by atoms with Gasteiger partial charge in [0.25, 0.3) is 5.91 Å². The molecule has 1 amide bonds. The Morgan fingerprint density at radius 2 is 2.10 bits per heavy atom. The van der Waals surface area contributed by atoms with Crippen LogP contribution in [-0.2, 0) is 13.0 Å². The van der Waals surface area contributed by atoms with Crippen LogP contribution in [-0.4, -0.2) is 34.5 Å². The second kappa shape index (κ2) is 5.30. The molecule has 1 aliphatic carbocycles. The molecule has 0 saturated heterocycles. The Balaban J connectivity index is 1.98. The molecule has 0 bridgehead atoms. The van der Waals surface area contributed by atoms with Gasteiger partial charge in [0.05, 0.1) is 11.9 Å². The number of carbonyl (C=O) groups is 1. The van der Waals surface area contributed by atoms with Crippen molar-refractivity contribution >= 4 is 5.91 Å². The molecular weight excluding hydrogens is 269 g/mol. The second-order valence-corrected chi connectivity index (χ2v) is 6.06. The molecule has 0 aromatic carbocycles. The van der Waals surface area contributed by atoms with E-state index in [0.717, 1.165) is 48.3 Å². The number of nitrogens with zero attached hydrogens (tertiary/aromatic N) is 2. The summed E-state index contributed by atoms with van der Waals surface area (Å²) in [5, 5.41) is 0. The van der Waals surface area contributed by atoms with Crippen LogP contribution >= 0.6 is 0 Å². The molecule has 0 radical (unpaired) electrons. The van der Waals surface area contributed by atoms with Crippen LogP contribution in [0, 0.1) is 13.8 Å². The quantitative estimate of drug-likeness (QED) is 0.923. The van der Waals surface area contributed by atoms with Gasteiger partial charge in [0.1, 0.15) is 0 Å². The number of hydrogen-bond acceptors (Lipinski definition) is 2. The lowest BCUT2D eigenvalue weighted by Crippen LogP contribution is -2.39. The third-order valence-electron chi connectivity index (χ3n) is 4.75. The van der Waals surface area contributed by atoms with Gasteiger partial charge in [0.2, 0.25) is 0 Å². The van der Waals surface area contributed by atoms with Gasteiger partial charge in [-0.3, -0.25) is 4.79 Å². The van der Waals surface area contributed by atoms with E-state index in [1.54, 1.807) is 0 Å². The van der Waals surface area contributed by atoms with Gasteiger partial charge in [0.15, 0.2) is 0 Å². The highest BCUT2D eigenvalue weighted by Gasteiger charge is 2.38. The summed E-state index contributed by atoms with van der Waals surface area (Å²) in [7, 11) is 0. The van der Waals surface area contributed by atoms with Crippen molar-refractivity contribution in [2.24, 2.45) is 5.73 Å². The molecule has 0 unspecified atom stereocenters. The van der Waals surface area contributed by atoms with Gasteiger partial charge >= 0.3 is 0 Å². The third-order valence-corrected chi connectivity index (χ3v) is 4.75. The van der Waals surface area contributed by atoms with Crippen LogP contribution in [0.25, 0.3) is 0 Å². The average Bonchev–Trinajstić information content (AvgIpc) is 3.28. The first kappa shape index (κ1) is 14.3. The monoisotopic (exact) mass is 291 g/mol. The Morgan fingerprint density at radius 1 is 1.38 bits per heavy atom. The van der Waals surface area contributed by atoms with Gasteiger partial charge in [-0.05, 0) is 44.2 Å². The molecule has 3 rings (SSSR count). The lowest BCUT2D eigenvalue weighted by molar-refractivity contribution is 0.0726. The topological polar surface area (TPSA) is 51.3 Å². The number of rotatable bonds is 4. The first-order valence-corrected chi connectivity index (χ1v) is 7.56. The van der Waals surface area contributed by atoms with Gasteiger partial charge < -0.3 is 15.2 Å². The molecule has 114 valence electrons. The maximum Gasteiger partial charge on any atom is 0.256 e. The standard InChI is InChI=1S/C16H22FN3O/c1-10-14-5-6-19(13-3-4-13)16(21)15(14)11(2)20(10)9-12(7-17)8-18/h7,13H,3-6,8-9,18H2,1-2H3. The molecule has 1 aliphatic heterocycles. The van der Waals surface area contributed by atoms with Gasteiger partial charge in [0, 0.05) is 37.1 Å². The lowest BCUT2D eigenvalue weighted by atomic mass is 10.00. The summed E-state index contributed by atoms with van der Waals surface area (Å²) in [4.78, 5) is 14.7. The minimum absolute atomic E-state index is 0.150. The minimum atomic E-state index is 0.150. The molecule has 1 aromatic rings. The van der Waals surface area contributed by atoms with Crippen molar-refractivity contribution in [3.8, 4) is 0 Å². The normalized spacial score (nSPS) is 19.1. The average molecular weight is 291 g/mol. The molecule has 0 spiro atoms. The number of aromatic nitrogens is 1. The number of carbonyl (C=O) groups excluding carboxylic acids is 1. The van der Waals surface area contributed by atoms with E-state index in [0.29, 0.717) is 24.5 Å². The Morgan fingerprint density at radius 3 is 2.67 bits per heavy atom. The predicted octanol–water partition coefficient (Wildman–Crippen LogP) is 2.08. The van der Waals surface area contributed by atoms with E-state index in [2.05, 4.69) is 0 Å². The van der Waals surface area contributed by atoms with Crippen LogP contribution in [0.2, 0.25) is 0 Å². The van der Waals surface area contributed by atoms with Crippen molar-refractivity contribution < 1.29 is 9.18 Å². The van der Waals surface area contributed by atoms with Gasteiger partial charge in [-0.1, -0.05) is 0 Å². The molecule has 1 fully saturated rings. The van der Waals surface area contributed by atoms with Crippen LogP contribution in [0.5, 0.6) is 0 Å². The Hall–Kier alpha value is -1.62. The summed E-state index contributed by atoms with van der Waals surface area (Å²) in [6.07, 6.45) is 3.73. The number of hydrogen-bond donors (Lipinski definition) is 1. The fourth-order valence-electron chi connectivity index (χ4n) is 3.33. The largest absolute Gasteiger partial charge is 0.344 e. The molecule has 2 heterocycles. The summed E-state index contributed by atoms with van der Waals surface area (Å²) >= 11 is 0. The molecule has 1 aromatic heterocycles. The zero-order chi connectivity index (χ0) is 15.1. The SMILES string of the molecule is Cc1c2c(c(C)n1CC(=CF)CN)C(=O)N(C1CC1)CC2. The van der Waals surface area contributed by atoms with E-state index >= 15 is 0 Å². The first-order chi connectivity index (χ1) is 10.1. The summed E-state index contributed by atoms with van der Waals surface area (Å²) in [5.41, 5.74) is 10.1. The van der Waals surface area contributed by atoms with E-state index in [4.69, 9.17) is 5.73 Å². The fourth-order valence-corrected chi connectivity index (χ4v) is 3.33. The maximum atomic E-state index is 12.8. The fraction of sp³-hybridized carbons (Fsp3) is 0.562. The van der Waals surface area contributed by atoms with Gasteiger partial charge in [-0.15, -0.1) is 0 Å². The van der Waals surface area contributed by atoms with Crippen molar-refractivity contribution in [2.45, 2.75) is 45.7 Å². The summed E-state index contributed by atoms with van der Waals surface area (Å²) in [5.74, 6) is 0.150. The van der Waals surface area contributed by atoms with E-state index < -0.39 is 0 Å². The Kier molecular flexibility index (Phi) is 3.61. The highest BCUT2D eigenvalue weighted by Crippen LogP contribution is 2.35. The third kappa shape index (κ3) is 2.29. The molecule has 0 atom stereocenters. The first-order valence-electron chi connectivity index (χ1n) is 7.56.